The van der Waals surface area contributed by atoms with E-state index >= 15 is 0 Å². The first kappa shape index (κ1) is 14.3. The van der Waals surface area contributed by atoms with Gasteiger partial charge in [0.1, 0.15) is 0 Å². The van der Waals surface area contributed by atoms with Crippen molar-refractivity contribution in [3.8, 4) is 0 Å². The molecule has 4 nitrogen and oxygen atoms in total. The van der Waals surface area contributed by atoms with Crippen molar-refractivity contribution in [1.29, 1.82) is 0 Å². The Morgan fingerprint density at radius 1 is 1.48 bits per heavy atom. The Bertz CT molecular complexity index is 680. The van der Waals surface area contributed by atoms with Crippen molar-refractivity contribution < 1.29 is 4.79 Å². The van der Waals surface area contributed by atoms with E-state index in [0.29, 0.717) is 10.5 Å². The molecule has 1 unspecified atom stereocenters. The second-order valence-corrected chi connectivity index (χ2v) is 5.82. The number of fused-ring (bicyclic) bond motifs is 1. The summed E-state index contributed by atoms with van der Waals surface area (Å²) >= 11 is 6.16. The van der Waals surface area contributed by atoms with Gasteiger partial charge in [-0.2, -0.15) is 0 Å². The maximum absolute atomic E-state index is 12.7. The second-order valence-electron chi connectivity index (χ2n) is 5.41. The van der Waals surface area contributed by atoms with Gasteiger partial charge in [-0.1, -0.05) is 18.5 Å². The van der Waals surface area contributed by atoms with E-state index in [9.17, 15) is 4.79 Å². The molecule has 1 aliphatic heterocycles. The Labute approximate surface area is 128 Å². The Hall–Kier alpha value is -1.65. The predicted octanol–water partition coefficient (Wildman–Crippen LogP) is 3.36. The first-order valence-electron chi connectivity index (χ1n) is 7.26. The van der Waals surface area contributed by atoms with Crippen molar-refractivity contribution in [2.75, 3.05) is 11.9 Å². The summed E-state index contributed by atoms with van der Waals surface area (Å²) in [5.74, 6) is 0.0231. The van der Waals surface area contributed by atoms with Gasteiger partial charge in [0.05, 0.1) is 21.8 Å². The Morgan fingerprint density at radius 2 is 2.33 bits per heavy atom. The van der Waals surface area contributed by atoms with E-state index in [1.54, 1.807) is 12.3 Å². The number of nitrogens with one attached hydrogen (secondary N) is 2. The molecule has 110 valence electrons. The number of carbonyl (C=O) groups is 1. The summed E-state index contributed by atoms with van der Waals surface area (Å²) in [5.41, 5.74) is 1.02. The van der Waals surface area contributed by atoms with E-state index in [1.165, 1.54) is 0 Å². The molecule has 2 N–H and O–H groups in total. The molecule has 0 bridgehead atoms. The lowest BCUT2D eigenvalue weighted by atomic mass is 9.93. The van der Waals surface area contributed by atoms with Gasteiger partial charge in [-0.25, -0.2) is 0 Å². The Kier molecular flexibility index (Phi) is 3.83. The van der Waals surface area contributed by atoms with Crippen LogP contribution in [0.5, 0.6) is 0 Å². The van der Waals surface area contributed by atoms with Crippen LogP contribution >= 0.6 is 11.6 Å². The van der Waals surface area contributed by atoms with Crippen molar-refractivity contribution in [2.24, 2.45) is 0 Å². The molecule has 1 saturated heterocycles. The second kappa shape index (κ2) is 5.62. The van der Waals surface area contributed by atoms with Crippen LogP contribution in [0.15, 0.2) is 30.5 Å². The molecule has 1 atom stereocenters. The van der Waals surface area contributed by atoms with Crippen molar-refractivity contribution in [3.05, 3.63) is 35.5 Å². The quantitative estimate of drug-likeness (QED) is 0.914. The van der Waals surface area contributed by atoms with Gasteiger partial charge < -0.3 is 10.6 Å². The van der Waals surface area contributed by atoms with E-state index in [0.717, 1.165) is 36.9 Å². The van der Waals surface area contributed by atoms with Crippen molar-refractivity contribution in [2.45, 2.75) is 31.7 Å². The zero-order chi connectivity index (χ0) is 14.9. The fraction of sp³-hybridized carbons (Fsp3) is 0.375. The lowest BCUT2D eigenvalue weighted by Crippen LogP contribution is -2.50. The van der Waals surface area contributed by atoms with Crippen LogP contribution in [0.2, 0.25) is 5.02 Å². The summed E-state index contributed by atoms with van der Waals surface area (Å²) < 4.78 is 0. The number of carbonyl (C=O) groups excluding carboxylic acids is 1. The van der Waals surface area contributed by atoms with Gasteiger partial charge in [-0.15, -0.1) is 0 Å². The molecule has 1 aromatic carbocycles. The summed E-state index contributed by atoms with van der Waals surface area (Å²) in [4.78, 5) is 17.0. The first-order valence-corrected chi connectivity index (χ1v) is 7.64. The average Bonchev–Trinajstić information content (AvgIpc) is 3.00. The summed E-state index contributed by atoms with van der Waals surface area (Å²) in [6.45, 7) is 2.93. The van der Waals surface area contributed by atoms with Gasteiger partial charge >= 0.3 is 0 Å². The molecule has 2 aromatic rings. The molecule has 1 aliphatic rings. The minimum Gasteiger partial charge on any atom is -0.324 e. The van der Waals surface area contributed by atoms with E-state index in [4.69, 9.17) is 11.6 Å². The molecule has 5 heteroatoms. The summed E-state index contributed by atoms with van der Waals surface area (Å²) in [6, 6.07) is 7.37. The number of aromatic nitrogens is 1. The minimum atomic E-state index is -0.450. The van der Waals surface area contributed by atoms with Crippen LogP contribution in [-0.2, 0) is 4.79 Å². The first-order chi connectivity index (χ1) is 10.2. The van der Waals surface area contributed by atoms with Crippen LogP contribution in [0.3, 0.4) is 0 Å². The molecule has 2 heterocycles. The highest BCUT2D eigenvalue weighted by Gasteiger charge is 2.39. The number of benzene rings is 1. The standard InChI is InChI=1S/C16H18ClN3O/c1-2-16(8-4-10-19-16)15(21)20-13-7-6-12(17)14-11(13)5-3-9-18-14/h3,5-7,9,19H,2,4,8,10H2,1H3,(H,20,21). The third-order valence-corrected chi connectivity index (χ3v) is 4.56. The number of halogens is 1. The molecule has 0 radical (unpaired) electrons. The van der Waals surface area contributed by atoms with Crippen molar-refractivity contribution in [3.63, 3.8) is 0 Å². The molecule has 1 amide bonds. The monoisotopic (exact) mass is 303 g/mol. The molecule has 0 spiro atoms. The molecular weight excluding hydrogens is 286 g/mol. The average molecular weight is 304 g/mol. The normalized spacial score (nSPS) is 21.6. The molecular formula is C16H18ClN3O. The van der Waals surface area contributed by atoms with Gasteiger partial charge in [-0.3, -0.25) is 9.78 Å². The number of nitrogens with zero attached hydrogens (tertiary/aromatic N) is 1. The maximum atomic E-state index is 12.7. The molecule has 1 aromatic heterocycles. The maximum Gasteiger partial charge on any atom is 0.244 e. The highest BCUT2D eigenvalue weighted by molar-refractivity contribution is 6.35. The van der Waals surface area contributed by atoms with E-state index < -0.39 is 5.54 Å². The van der Waals surface area contributed by atoms with Gasteiger partial charge in [-0.05, 0) is 50.1 Å². The third kappa shape index (κ3) is 2.49. The van der Waals surface area contributed by atoms with Crippen LogP contribution in [-0.4, -0.2) is 23.0 Å². The lowest BCUT2D eigenvalue weighted by molar-refractivity contribution is -0.122. The number of rotatable bonds is 3. The Balaban J connectivity index is 1.95. The van der Waals surface area contributed by atoms with Crippen LogP contribution < -0.4 is 10.6 Å². The molecule has 0 saturated carbocycles. The fourth-order valence-corrected chi connectivity index (χ4v) is 3.17. The van der Waals surface area contributed by atoms with Crippen molar-refractivity contribution in [1.82, 2.24) is 10.3 Å². The van der Waals surface area contributed by atoms with Gasteiger partial charge in [0.2, 0.25) is 5.91 Å². The third-order valence-electron chi connectivity index (χ3n) is 4.25. The van der Waals surface area contributed by atoms with Gasteiger partial charge in [0.15, 0.2) is 0 Å². The number of hydrogen-bond acceptors (Lipinski definition) is 3. The van der Waals surface area contributed by atoms with E-state index in [1.807, 2.05) is 25.1 Å². The number of pyridine rings is 1. The van der Waals surface area contributed by atoms with Crippen molar-refractivity contribution >= 4 is 34.1 Å². The zero-order valence-electron chi connectivity index (χ0n) is 11.9. The number of amides is 1. The highest BCUT2D eigenvalue weighted by Crippen LogP contribution is 2.30. The summed E-state index contributed by atoms with van der Waals surface area (Å²) in [6.07, 6.45) is 4.39. The molecule has 0 aliphatic carbocycles. The zero-order valence-corrected chi connectivity index (χ0v) is 12.7. The predicted molar refractivity (Wildman–Crippen MR) is 85.6 cm³/mol. The topological polar surface area (TPSA) is 54.0 Å². The lowest BCUT2D eigenvalue weighted by Gasteiger charge is -2.27. The highest BCUT2D eigenvalue weighted by atomic mass is 35.5. The molecule has 3 rings (SSSR count). The number of hydrogen-bond donors (Lipinski definition) is 2. The largest absolute Gasteiger partial charge is 0.324 e. The van der Waals surface area contributed by atoms with Crippen LogP contribution in [0.4, 0.5) is 5.69 Å². The summed E-state index contributed by atoms with van der Waals surface area (Å²) in [7, 11) is 0. The van der Waals surface area contributed by atoms with Crippen LogP contribution in [0.1, 0.15) is 26.2 Å². The van der Waals surface area contributed by atoms with E-state index in [2.05, 4.69) is 15.6 Å². The van der Waals surface area contributed by atoms with E-state index in [-0.39, 0.29) is 5.91 Å². The minimum absolute atomic E-state index is 0.0231. The smallest absolute Gasteiger partial charge is 0.244 e. The summed E-state index contributed by atoms with van der Waals surface area (Å²) in [5, 5.41) is 7.85. The fourth-order valence-electron chi connectivity index (χ4n) is 2.95. The Morgan fingerprint density at radius 3 is 3.05 bits per heavy atom. The van der Waals surface area contributed by atoms with Crippen LogP contribution in [0.25, 0.3) is 10.9 Å². The SMILES string of the molecule is CCC1(C(=O)Nc2ccc(Cl)c3ncccc23)CCCN1. The molecule has 21 heavy (non-hydrogen) atoms. The van der Waals surface area contributed by atoms with Crippen LogP contribution in [0, 0.1) is 0 Å². The number of anilines is 1. The molecule has 1 fully saturated rings. The van der Waals surface area contributed by atoms with Gasteiger partial charge in [0.25, 0.3) is 0 Å². The van der Waals surface area contributed by atoms with Gasteiger partial charge in [0, 0.05) is 11.6 Å².